The third-order valence-electron chi connectivity index (χ3n) is 5.76. The number of hydrogen-bond acceptors (Lipinski definition) is 2. The molecule has 1 aromatic carbocycles. The molecule has 4 nitrogen and oxygen atoms in total. The first kappa shape index (κ1) is 15.0. The summed E-state index contributed by atoms with van der Waals surface area (Å²) in [6.07, 6.45) is 7.29. The summed E-state index contributed by atoms with van der Waals surface area (Å²) in [7, 11) is 0. The summed E-state index contributed by atoms with van der Waals surface area (Å²) >= 11 is 0. The molecule has 3 fully saturated rings. The van der Waals surface area contributed by atoms with Crippen LogP contribution in [0.4, 0.5) is 4.79 Å². The smallest absolute Gasteiger partial charge is 0.315 e. The maximum atomic E-state index is 12.2. The van der Waals surface area contributed by atoms with Gasteiger partial charge in [-0.15, -0.1) is 0 Å². The van der Waals surface area contributed by atoms with Gasteiger partial charge in [-0.3, -0.25) is 0 Å². The number of rotatable bonds is 5. The second kappa shape index (κ2) is 6.16. The lowest BCUT2D eigenvalue weighted by atomic mass is 9.96. The van der Waals surface area contributed by atoms with Crippen LogP contribution in [0.1, 0.15) is 44.1 Å². The van der Waals surface area contributed by atoms with Crippen LogP contribution in [-0.2, 0) is 5.41 Å². The van der Waals surface area contributed by atoms with Gasteiger partial charge < -0.3 is 15.5 Å². The van der Waals surface area contributed by atoms with Crippen LogP contribution in [0.25, 0.3) is 0 Å². The monoisotopic (exact) mass is 313 g/mol. The van der Waals surface area contributed by atoms with Crippen molar-refractivity contribution in [1.29, 1.82) is 0 Å². The number of benzene rings is 1. The van der Waals surface area contributed by atoms with E-state index < -0.39 is 0 Å². The van der Waals surface area contributed by atoms with Gasteiger partial charge in [0.1, 0.15) is 0 Å². The summed E-state index contributed by atoms with van der Waals surface area (Å²) in [6.45, 7) is 3.04. The van der Waals surface area contributed by atoms with Gasteiger partial charge in [0.25, 0.3) is 0 Å². The van der Waals surface area contributed by atoms with Crippen molar-refractivity contribution in [3.8, 4) is 0 Å². The van der Waals surface area contributed by atoms with Crippen LogP contribution in [0.15, 0.2) is 30.3 Å². The first-order chi connectivity index (χ1) is 11.3. The summed E-state index contributed by atoms with van der Waals surface area (Å²) in [5, 5.41) is 6.29. The third-order valence-corrected chi connectivity index (χ3v) is 5.76. The average Bonchev–Trinajstić information content (AvgIpc) is 3.49. The molecule has 1 aliphatic heterocycles. The topological polar surface area (TPSA) is 44.4 Å². The van der Waals surface area contributed by atoms with Crippen molar-refractivity contribution in [1.82, 2.24) is 15.5 Å². The number of amides is 2. The maximum absolute atomic E-state index is 12.2. The number of piperidine rings is 1. The predicted octanol–water partition coefficient (Wildman–Crippen LogP) is 2.64. The zero-order valence-corrected chi connectivity index (χ0v) is 13.8. The van der Waals surface area contributed by atoms with Crippen molar-refractivity contribution in [2.45, 2.75) is 56.0 Å². The minimum absolute atomic E-state index is 0.0112. The minimum atomic E-state index is 0.0112. The van der Waals surface area contributed by atoms with E-state index in [4.69, 9.17) is 0 Å². The molecule has 2 saturated carbocycles. The van der Waals surface area contributed by atoms with Gasteiger partial charge in [0.15, 0.2) is 0 Å². The van der Waals surface area contributed by atoms with Gasteiger partial charge in [-0.25, -0.2) is 4.79 Å². The predicted molar refractivity (Wildman–Crippen MR) is 91.5 cm³/mol. The normalized spacial score (nSPS) is 24.2. The molecule has 1 heterocycles. The molecule has 0 spiro atoms. The number of likely N-dealkylation sites (tertiary alicyclic amines) is 1. The van der Waals surface area contributed by atoms with Gasteiger partial charge >= 0.3 is 6.03 Å². The van der Waals surface area contributed by atoms with Gasteiger partial charge in [-0.1, -0.05) is 30.3 Å². The lowest BCUT2D eigenvalue weighted by Gasteiger charge is -2.32. The SMILES string of the molecule is O=C(NCC1(c2ccccc2)CC1)NC1CCN(C2CC2)CC1. The largest absolute Gasteiger partial charge is 0.337 e. The minimum Gasteiger partial charge on any atom is -0.337 e. The molecule has 4 heteroatoms. The first-order valence-electron chi connectivity index (χ1n) is 9.09. The summed E-state index contributed by atoms with van der Waals surface area (Å²) in [6, 6.07) is 11.8. The highest BCUT2D eigenvalue weighted by Crippen LogP contribution is 2.47. The van der Waals surface area contributed by atoms with Crippen LogP contribution in [0.2, 0.25) is 0 Å². The zero-order valence-electron chi connectivity index (χ0n) is 13.8. The number of carbonyl (C=O) groups is 1. The van der Waals surface area contributed by atoms with Crippen molar-refractivity contribution >= 4 is 6.03 Å². The fraction of sp³-hybridized carbons (Fsp3) is 0.632. The summed E-state index contributed by atoms with van der Waals surface area (Å²) in [5.41, 5.74) is 1.55. The van der Waals surface area contributed by atoms with Gasteiger partial charge in [0.2, 0.25) is 0 Å². The molecule has 0 bridgehead atoms. The van der Waals surface area contributed by atoms with Crippen LogP contribution in [0.5, 0.6) is 0 Å². The molecule has 1 saturated heterocycles. The molecule has 2 aliphatic carbocycles. The van der Waals surface area contributed by atoms with Crippen LogP contribution >= 0.6 is 0 Å². The van der Waals surface area contributed by atoms with E-state index in [1.807, 2.05) is 6.07 Å². The van der Waals surface area contributed by atoms with Gasteiger partial charge in [-0.2, -0.15) is 0 Å². The molecule has 1 aromatic rings. The van der Waals surface area contributed by atoms with E-state index in [1.165, 1.54) is 31.2 Å². The molecular weight excluding hydrogens is 286 g/mol. The summed E-state index contributed by atoms with van der Waals surface area (Å²) in [5.74, 6) is 0. The highest BCUT2D eigenvalue weighted by molar-refractivity contribution is 5.74. The Labute approximate surface area is 138 Å². The Morgan fingerprint density at radius 1 is 1.09 bits per heavy atom. The Balaban J connectivity index is 1.22. The Morgan fingerprint density at radius 2 is 1.78 bits per heavy atom. The molecule has 4 rings (SSSR count). The Kier molecular flexibility index (Phi) is 4.02. The van der Waals surface area contributed by atoms with Crippen molar-refractivity contribution in [2.75, 3.05) is 19.6 Å². The lowest BCUT2D eigenvalue weighted by molar-refractivity contribution is 0.185. The molecule has 0 aromatic heterocycles. The quantitative estimate of drug-likeness (QED) is 0.878. The fourth-order valence-electron chi connectivity index (χ4n) is 3.84. The van der Waals surface area contributed by atoms with E-state index in [9.17, 15) is 4.79 Å². The molecule has 124 valence electrons. The van der Waals surface area contributed by atoms with E-state index >= 15 is 0 Å². The second-order valence-electron chi connectivity index (χ2n) is 7.51. The van der Waals surface area contributed by atoms with E-state index in [0.29, 0.717) is 6.04 Å². The Bertz CT molecular complexity index is 543. The summed E-state index contributed by atoms with van der Waals surface area (Å²) < 4.78 is 0. The molecule has 0 radical (unpaired) electrons. The molecule has 0 unspecified atom stereocenters. The molecule has 0 atom stereocenters. The summed E-state index contributed by atoms with van der Waals surface area (Å²) in [4.78, 5) is 14.8. The Morgan fingerprint density at radius 3 is 2.39 bits per heavy atom. The molecule has 23 heavy (non-hydrogen) atoms. The van der Waals surface area contributed by atoms with Crippen molar-refractivity contribution < 1.29 is 4.79 Å². The van der Waals surface area contributed by atoms with Crippen LogP contribution in [-0.4, -0.2) is 42.6 Å². The van der Waals surface area contributed by atoms with E-state index in [1.54, 1.807) is 0 Å². The zero-order chi connectivity index (χ0) is 15.7. The molecule has 3 aliphatic rings. The van der Waals surface area contributed by atoms with Crippen molar-refractivity contribution in [3.63, 3.8) is 0 Å². The van der Waals surface area contributed by atoms with Gasteiger partial charge in [-0.05, 0) is 44.1 Å². The second-order valence-corrected chi connectivity index (χ2v) is 7.51. The average molecular weight is 313 g/mol. The van der Waals surface area contributed by atoms with Crippen LogP contribution in [0, 0.1) is 0 Å². The van der Waals surface area contributed by atoms with Crippen LogP contribution < -0.4 is 10.6 Å². The molecule has 2 N–H and O–H groups in total. The van der Waals surface area contributed by atoms with Crippen molar-refractivity contribution in [3.05, 3.63) is 35.9 Å². The fourth-order valence-corrected chi connectivity index (χ4v) is 3.84. The lowest BCUT2D eigenvalue weighted by Crippen LogP contribution is -2.49. The van der Waals surface area contributed by atoms with E-state index in [-0.39, 0.29) is 11.4 Å². The number of nitrogens with zero attached hydrogens (tertiary/aromatic N) is 1. The highest BCUT2D eigenvalue weighted by Gasteiger charge is 2.44. The van der Waals surface area contributed by atoms with E-state index in [0.717, 1.165) is 38.5 Å². The van der Waals surface area contributed by atoms with Gasteiger partial charge in [0.05, 0.1) is 0 Å². The third kappa shape index (κ3) is 3.52. The van der Waals surface area contributed by atoms with Gasteiger partial charge in [0, 0.05) is 37.1 Å². The molecule has 2 amide bonds. The van der Waals surface area contributed by atoms with E-state index in [2.05, 4.69) is 39.8 Å². The first-order valence-corrected chi connectivity index (χ1v) is 9.09. The number of carbonyl (C=O) groups excluding carboxylic acids is 1. The number of nitrogens with one attached hydrogen (secondary N) is 2. The van der Waals surface area contributed by atoms with Crippen molar-refractivity contribution in [2.24, 2.45) is 0 Å². The maximum Gasteiger partial charge on any atom is 0.315 e. The standard InChI is InChI=1S/C19H27N3O/c23-18(21-16-8-12-22(13-9-16)17-6-7-17)20-14-19(10-11-19)15-4-2-1-3-5-15/h1-5,16-17H,6-14H2,(H2,20,21,23). The highest BCUT2D eigenvalue weighted by atomic mass is 16.2. The number of urea groups is 1. The number of hydrogen-bond donors (Lipinski definition) is 2. The van der Waals surface area contributed by atoms with Crippen LogP contribution in [0.3, 0.4) is 0 Å². The Hall–Kier alpha value is -1.55. The molecular formula is C19H27N3O.